The molecule has 1 amide bonds. The van der Waals surface area contributed by atoms with Gasteiger partial charge in [-0.25, -0.2) is 5.43 Å². The molecule has 0 saturated heterocycles. The van der Waals surface area contributed by atoms with Gasteiger partial charge in [-0.1, -0.05) is 22.2 Å². The number of hydrazone groups is 1. The first-order valence-corrected chi connectivity index (χ1v) is 6.70. The molecule has 21 heavy (non-hydrogen) atoms. The van der Waals surface area contributed by atoms with Crippen molar-refractivity contribution in [2.75, 3.05) is 0 Å². The first-order valence-electron chi connectivity index (χ1n) is 5.55. The van der Waals surface area contributed by atoms with Gasteiger partial charge < -0.3 is 0 Å². The van der Waals surface area contributed by atoms with Crippen molar-refractivity contribution in [3.8, 4) is 0 Å². The zero-order chi connectivity index (χ0) is 15.4. The lowest BCUT2D eigenvalue weighted by molar-refractivity contribution is -0.384. The van der Waals surface area contributed by atoms with Gasteiger partial charge >= 0.3 is 0 Å². The summed E-state index contributed by atoms with van der Waals surface area (Å²) in [4.78, 5) is 22.2. The van der Waals surface area contributed by atoms with Gasteiger partial charge in [0.1, 0.15) is 9.90 Å². The molecule has 0 fully saturated rings. The van der Waals surface area contributed by atoms with Crippen LogP contribution >= 0.6 is 23.1 Å². The van der Waals surface area contributed by atoms with Gasteiger partial charge in [0.05, 0.1) is 16.8 Å². The molecule has 1 aromatic heterocycles. The Hall–Kier alpha value is -2.39. The molecule has 0 radical (unpaired) electrons. The number of hydrogen-bond donors (Lipinski definition) is 1. The summed E-state index contributed by atoms with van der Waals surface area (Å²) in [5.41, 5.74) is 3.01. The molecule has 2 aromatic rings. The quantitative estimate of drug-likeness (QED) is 0.526. The van der Waals surface area contributed by atoms with Crippen molar-refractivity contribution >= 4 is 40.9 Å². The van der Waals surface area contributed by atoms with Crippen LogP contribution in [0.25, 0.3) is 0 Å². The maximum absolute atomic E-state index is 11.7. The summed E-state index contributed by atoms with van der Waals surface area (Å²) >= 11 is 6.65. The van der Waals surface area contributed by atoms with E-state index in [1.54, 1.807) is 13.0 Å². The van der Waals surface area contributed by atoms with Crippen molar-refractivity contribution in [2.45, 2.75) is 6.92 Å². The Morgan fingerprint density at radius 1 is 1.57 bits per heavy atom. The normalized spacial score (nSPS) is 10.8. The molecule has 0 unspecified atom stereocenters. The largest absolute Gasteiger partial charge is 0.288 e. The van der Waals surface area contributed by atoms with Crippen LogP contribution in [0.4, 0.5) is 5.69 Å². The number of rotatable bonds is 4. The molecule has 0 spiro atoms. The van der Waals surface area contributed by atoms with Crippen molar-refractivity contribution in [1.29, 1.82) is 0 Å². The summed E-state index contributed by atoms with van der Waals surface area (Å²) in [6.45, 7) is 1.66. The smallest absolute Gasteiger partial charge is 0.266 e. The lowest BCUT2D eigenvalue weighted by atomic mass is 10.2. The zero-order valence-corrected chi connectivity index (χ0v) is 12.2. The van der Waals surface area contributed by atoms with Crippen molar-refractivity contribution in [3.63, 3.8) is 0 Å². The first kappa shape index (κ1) is 15.0. The van der Waals surface area contributed by atoms with E-state index >= 15 is 0 Å². The van der Waals surface area contributed by atoms with E-state index in [1.807, 2.05) is 0 Å². The third-order valence-electron chi connectivity index (χ3n) is 2.40. The Morgan fingerprint density at radius 3 is 2.95 bits per heavy atom. The second-order valence-electron chi connectivity index (χ2n) is 3.85. The molecular weight excluding hydrogens is 318 g/mol. The average molecular weight is 326 g/mol. The number of carbonyl (C=O) groups is 1. The van der Waals surface area contributed by atoms with Gasteiger partial charge in [0.25, 0.3) is 11.6 Å². The fraction of sp³-hybridized carbons (Fsp3) is 0.0909. The number of amides is 1. The van der Waals surface area contributed by atoms with Crippen LogP contribution in [-0.4, -0.2) is 26.6 Å². The fourth-order valence-corrected chi connectivity index (χ4v) is 2.14. The number of nitrogens with one attached hydrogen (secondary N) is 1. The second kappa shape index (κ2) is 6.37. The highest BCUT2D eigenvalue weighted by molar-refractivity contribution is 7.07. The van der Waals surface area contributed by atoms with Crippen LogP contribution in [0.2, 0.25) is 5.02 Å². The van der Waals surface area contributed by atoms with Gasteiger partial charge in [-0.3, -0.25) is 14.9 Å². The van der Waals surface area contributed by atoms with Crippen LogP contribution in [0.1, 0.15) is 20.9 Å². The predicted molar refractivity (Wildman–Crippen MR) is 77.8 cm³/mol. The maximum atomic E-state index is 11.7. The molecule has 108 valence electrons. The van der Waals surface area contributed by atoms with Gasteiger partial charge in [0.15, 0.2) is 0 Å². The summed E-state index contributed by atoms with van der Waals surface area (Å²) in [6, 6.07) is 4.20. The molecule has 1 N–H and O–H groups in total. The number of nitrogens with zero attached hydrogens (tertiary/aromatic N) is 4. The number of hydrogen-bond acceptors (Lipinski definition) is 7. The van der Waals surface area contributed by atoms with E-state index in [0.29, 0.717) is 16.1 Å². The molecular formula is C11H8ClN5O3S. The third kappa shape index (κ3) is 3.58. The zero-order valence-electron chi connectivity index (χ0n) is 10.6. The number of nitro groups is 1. The summed E-state index contributed by atoms with van der Waals surface area (Å²) in [5.74, 6) is -0.442. The molecule has 2 rings (SSSR count). The standard InChI is InChI=1S/C11H8ClN5O3S/c1-6-10(21-16-14-6)11(18)15-13-5-7-2-3-8(12)9(4-7)17(19)20/h2-5H,1H3,(H,15,18). The molecule has 0 aliphatic carbocycles. The maximum Gasteiger partial charge on any atom is 0.288 e. The Kier molecular flexibility index (Phi) is 4.55. The van der Waals surface area contributed by atoms with Gasteiger partial charge in [-0.2, -0.15) is 5.10 Å². The Labute approximate surface area is 127 Å². The van der Waals surface area contributed by atoms with Crippen LogP contribution < -0.4 is 5.43 Å². The predicted octanol–water partition coefficient (Wildman–Crippen LogP) is 2.17. The molecule has 10 heteroatoms. The highest BCUT2D eigenvalue weighted by Crippen LogP contribution is 2.24. The number of nitro benzene ring substituents is 1. The summed E-state index contributed by atoms with van der Waals surface area (Å²) in [5, 5.41) is 18.2. The van der Waals surface area contributed by atoms with E-state index in [1.165, 1.54) is 18.3 Å². The summed E-state index contributed by atoms with van der Waals surface area (Å²) < 4.78 is 3.64. The molecule has 1 aromatic carbocycles. The Balaban J connectivity index is 2.08. The first-order chi connectivity index (χ1) is 9.99. The lowest BCUT2D eigenvalue weighted by Crippen LogP contribution is -2.17. The summed E-state index contributed by atoms with van der Waals surface area (Å²) in [6.07, 6.45) is 1.28. The van der Waals surface area contributed by atoms with E-state index in [9.17, 15) is 14.9 Å². The van der Waals surface area contributed by atoms with Gasteiger partial charge in [-0.15, -0.1) is 5.10 Å². The number of aryl methyl sites for hydroxylation is 1. The molecule has 0 aliphatic heterocycles. The molecule has 8 nitrogen and oxygen atoms in total. The SMILES string of the molecule is Cc1nnsc1C(=O)NN=Cc1ccc(Cl)c([N+](=O)[O-])c1. The number of halogens is 1. The number of carbonyl (C=O) groups excluding carboxylic acids is 1. The minimum atomic E-state index is -0.593. The average Bonchev–Trinajstić information content (AvgIpc) is 2.86. The highest BCUT2D eigenvalue weighted by Gasteiger charge is 2.13. The van der Waals surface area contributed by atoms with Crippen LogP contribution in [0.15, 0.2) is 23.3 Å². The molecule has 0 saturated carbocycles. The Morgan fingerprint density at radius 2 is 2.33 bits per heavy atom. The molecule has 0 bridgehead atoms. The van der Waals surface area contributed by atoms with E-state index in [4.69, 9.17) is 11.6 Å². The molecule has 0 atom stereocenters. The van der Waals surface area contributed by atoms with E-state index < -0.39 is 10.8 Å². The second-order valence-corrected chi connectivity index (χ2v) is 5.02. The van der Waals surface area contributed by atoms with Crippen LogP contribution in [0, 0.1) is 17.0 Å². The van der Waals surface area contributed by atoms with Gasteiger partial charge in [-0.05, 0) is 24.5 Å². The molecule has 1 heterocycles. The van der Waals surface area contributed by atoms with Gasteiger partial charge in [0, 0.05) is 11.6 Å². The van der Waals surface area contributed by atoms with Crippen molar-refractivity contribution in [2.24, 2.45) is 5.10 Å². The fourth-order valence-electron chi connectivity index (χ4n) is 1.41. The van der Waals surface area contributed by atoms with E-state index in [-0.39, 0.29) is 10.7 Å². The number of aromatic nitrogens is 2. The third-order valence-corrected chi connectivity index (χ3v) is 3.55. The van der Waals surface area contributed by atoms with Crippen molar-refractivity contribution in [1.82, 2.24) is 15.0 Å². The van der Waals surface area contributed by atoms with E-state index in [2.05, 4.69) is 20.1 Å². The monoisotopic (exact) mass is 325 g/mol. The minimum absolute atomic E-state index is 0.0348. The van der Waals surface area contributed by atoms with Crippen LogP contribution in [0.5, 0.6) is 0 Å². The highest BCUT2D eigenvalue weighted by atomic mass is 35.5. The summed E-state index contributed by atoms with van der Waals surface area (Å²) in [7, 11) is 0. The lowest BCUT2D eigenvalue weighted by Gasteiger charge is -1.98. The van der Waals surface area contributed by atoms with Crippen molar-refractivity contribution < 1.29 is 9.72 Å². The Bertz CT molecular complexity index is 730. The van der Waals surface area contributed by atoms with E-state index in [0.717, 1.165) is 11.5 Å². The molecule has 0 aliphatic rings. The van der Waals surface area contributed by atoms with Gasteiger partial charge in [0.2, 0.25) is 0 Å². The number of benzene rings is 1. The minimum Gasteiger partial charge on any atom is -0.266 e. The van der Waals surface area contributed by atoms with Crippen LogP contribution in [0.3, 0.4) is 0 Å². The van der Waals surface area contributed by atoms with Crippen LogP contribution in [-0.2, 0) is 0 Å². The van der Waals surface area contributed by atoms with Crippen molar-refractivity contribution in [3.05, 3.63) is 49.5 Å². The topological polar surface area (TPSA) is 110 Å².